The first-order valence-electron chi connectivity index (χ1n) is 6.20. The standard InChI is InChI=1S/C14H15FN2O3/c1-7(2)11-10(13(18)19)12(17-14(20)16-11)8-3-5-9(15)6-4-8/h3-7,12H,1-2H3,(H,18,19)(H2,16,17,20). The molecule has 0 saturated heterocycles. The van der Waals surface area contributed by atoms with Gasteiger partial charge in [0.25, 0.3) is 0 Å². The number of hydrogen-bond acceptors (Lipinski definition) is 2. The molecule has 2 rings (SSSR count). The molecule has 1 atom stereocenters. The summed E-state index contributed by atoms with van der Waals surface area (Å²) in [4.78, 5) is 23.2. The zero-order chi connectivity index (χ0) is 14.9. The van der Waals surface area contributed by atoms with E-state index >= 15 is 0 Å². The fourth-order valence-electron chi connectivity index (χ4n) is 2.18. The first-order valence-corrected chi connectivity index (χ1v) is 6.20. The Labute approximate surface area is 115 Å². The van der Waals surface area contributed by atoms with Crippen molar-refractivity contribution in [2.75, 3.05) is 0 Å². The molecule has 2 amide bonds. The second-order valence-electron chi connectivity index (χ2n) is 4.87. The molecular formula is C14H15FN2O3. The molecule has 106 valence electrons. The van der Waals surface area contributed by atoms with Crippen molar-refractivity contribution in [3.8, 4) is 0 Å². The van der Waals surface area contributed by atoms with E-state index in [1.165, 1.54) is 24.3 Å². The van der Waals surface area contributed by atoms with Gasteiger partial charge in [-0.2, -0.15) is 0 Å². The molecular weight excluding hydrogens is 263 g/mol. The third-order valence-corrected chi connectivity index (χ3v) is 3.11. The lowest BCUT2D eigenvalue weighted by Gasteiger charge is -2.30. The smallest absolute Gasteiger partial charge is 0.335 e. The maximum absolute atomic E-state index is 13.0. The van der Waals surface area contributed by atoms with Gasteiger partial charge in [-0.15, -0.1) is 0 Å². The largest absolute Gasteiger partial charge is 0.478 e. The molecule has 20 heavy (non-hydrogen) atoms. The van der Waals surface area contributed by atoms with E-state index in [-0.39, 0.29) is 11.5 Å². The molecule has 5 nitrogen and oxygen atoms in total. The summed E-state index contributed by atoms with van der Waals surface area (Å²) in [5.41, 5.74) is 0.971. The number of hydrogen-bond donors (Lipinski definition) is 3. The van der Waals surface area contributed by atoms with Crippen LogP contribution in [0.3, 0.4) is 0 Å². The van der Waals surface area contributed by atoms with E-state index in [1.807, 2.05) is 0 Å². The highest BCUT2D eigenvalue weighted by Crippen LogP contribution is 2.29. The summed E-state index contributed by atoms with van der Waals surface area (Å²) < 4.78 is 13.0. The van der Waals surface area contributed by atoms with Crippen LogP contribution in [0.5, 0.6) is 0 Å². The van der Waals surface area contributed by atoms with E-state index < -0.39 is 23.9 Å². The molecule has 0 saturated carbocycles. The van der Waals surface area contributed by atoms with E-state index in [0.29, 0.717) is 11.3 Å². The molecule has 0 spiro atoms. The molecule has 6 heteroatoms. The topological polar surface area (TPSA) is 78.4 Å². The Balaban J connectivity index is 2.53. The Morgan fingerprint density at radius 3 is 2.40 bits per heavy atom. The van der Waals surface area contributed by atoms with E-state index in [2.05, 4.69) is 10.6 Å². The number of amides is 2. The number of halogens is 1. The van der Waals surface area contributed by atoms with Crippen molar-refractivity contribution in [1.29, 1.82) is 0 Å². The van der Waals surface area contributed by atoms with Crippen LogP contribution in [-0.4, -0.2) is 17.1 Å². The molecule has 1 aliphatic rings. The summed E-state index contributed by atoms with van der Waals surface area (Å²) in [6.07, 6.45) is 0. The van der Waals surface area contributed by atoms with Crippen molar-refractivity contribution in [1.82, 2.24) is 10.6 Å². The van der Waals surface area contributed by atoms with Gasteiger partial charge in [-0.3, -0.25) is 0 Å². The van der Waals surface area contributed by atoms with Gasteiger partial charge < -0.3 is 15.7 Å². The second-order valence-corrected chi connectivity index (χ2v) is 4.87. The zero-order valence-corrected chi connectivity index (χ0v) is 11.1. The molecule has 1 aliphatic heterocycles. The molecule has 1 aromatic rings. The molecule has 1 heterocycles. The van der Waals surface area contributed by atoms with Crippen molar-refractivity contribution in [3.63, 3.8) is 0 Å². The Kier molecular flexibility index (Phi) is 3.74. The molecule has 0 radical (unpaired) electrons. The van der Waals surface area contributed by atoms with Crippen LogP contribution in [-0.2, 0) is 4.79 Å². The molecule has 0 bridgehead atoms. The molecule has 0 aromatic heterocycles. The predicted octanol–water partition coefficient (Wildman–Crippen LogP) is 2.17. The number of nitrogens with one attached hydrogen (secondary N) is 2. The van der Waals surface area contributed by atoms with Crippen LogP contribution in [0.2, 0.25) is 0 Å². The minimum absolute atomic E-state index is 0.0752. The molecule has 0 aliphatic carbocycles. The van der Waals surface area contributed by atoms with Gasteiger partial charge in [0, 0.05) is 5.70 Å². The van der Waals surface area contributed by atoms with Gasteiger partial charge in [0.2, 0.25) is 0 Å². The quantitative estimate of drug-likeness (QED) is 0.793. The monoisotopic (exact) mass is 278 g/mol. The normalized spacial score (nSPS) is 18.8. The summed E-state index contributed by atoms with van der Waals surface area (Å²) in [7, 11) is 0. The average molecular weight is 278 g/mol. The zero-order valence-electron chi connectivity index (χ0n) is 11.1. The Hall–Kier alpha value is -2.37. The maximum Gasteiger partial charge on any atom is 0.335 e. The van der Waals surface area contributed by atoms with Crippen molar-refractivity contribution in [2.45, 2.75) is 19.9 Å². The van der Waals surface area contributed by atoms with Gasteiger partial charge in [0.05, 0.1) is 11.6 Å². The van der Waals surface area contributed by atoms with E-state index in [9.17, 15) is 19.1 Å². The van der Waals surface area contributed by atoms with Crippen molar-refractivity contribution in [2.24, 2.45) is 5.92 Å². The van der Waals surface area contributed by atoms with Crippen molar-refractivity contribution >= 4 is 12.0 Å². The van der Waals surface area contributed by atoms with E-state index in [4.69, 9.17) is 0 Å². The average Bonchev–Trinajstić information content (AvgIpc) is 2.38. The lowest BCUT2D eigenvalue weighted by molar-refractivity contribution is -0.133. The third kappa shape index (κ3) is 2.64. The number of rotatable bonds is 3. The summed E-state index contributed by atoms with van der Waals surface area (Å²) in [6, 6.07) is 4.14. The number of carbonyl (C=O) groups is 2. The van der Waals surface area contributed by atoms with Crippen LogP contribution in [0, 0.1) is 11.7 Å². The molecule has 3 N–H and O–H groups in total. The lowest BCUT2D eigenvalue weighted by atomic mass is 9.91. The summed E-state index contributed by atoms with van der Waals surface area (Å²) in [5.74, 6) is -1.68. The van der Waals surface area contributed by atoms with Gasteiger partial charge in [0.1, 0.15) is 5.82 Å². The number of carboxylic acids is 1. The minimum Gasteiger partial charge on any atom is -0.478 e. The van der Waals surface area contributed by atoms with Gasteiger partial charge in [-0.25, -0.2) is 14.0 Å². The third-order valence-electron chi connectivity index (χ3n) is 3.11. The number of carbonyl (C=O) groups excluding carboxylic acids is 1. The van der Waals surface area contributed by atoms with Crippen molar-refractivity contribution in [3.05, 3.63) is 46.9 Å². The second kappa shape index (κ2) is 5.32. The summed E-state index contributed by atoms with van der Waals surface area (Å²) in [5, 5.41) is 14.5. The highest BCUT2D eigenvalue weighted by atomic mass is 19.1. The Morgan fingerprint density at radius 1 is 1.30 bits per heavy atom. The van der Waals surface area contributed by atoms with Crippen LogP contribution < -0.4 is 10.6 Å². The SMILES string of the molecule is CC(C)C1=C(C(=O)O)C(c2ccc(F)cc2)NC(=O)N1. The number of urea groups is 1. The number of allylic oxidation sites excluding steroid dienone is 1. The Morgan fingerprint density at radius 2 is 1.90 bits per heavy atom. The minimum atomic E-state index is -1.12. The van der Waals surface area contributed by atoms with Crippen LogP contribution >= 0.6 is 0 Å². The first kappa shape index (κ1) is 14.0. The van der Waals surface area contributed by atoms with Crippen LogP contribution in [0.4, 0.5) is 9.18 Å². The highest BCUT2D eigenvalue weighted by Gasteiger charge is 2.33. The first-order chi connectivity index (χ1) is 9.40. The van der Waals surface area contributed by atoms with E-state index in [1.54, 1.807) is 13.8 Å². The number of benzene rings is 1. The van der Waals surface area contributed by atoms with Crippen molar-refractivity contribution < 1.29 is 19.1 Å². The lowest BCUT2D eigenvalue weighted by Crippen LogP contribution is -2.46. The van der Waals surface area contributed by atoms with Crippen LogP contribution in [0.25, 0.3) is 0 Å². The summed E-state index contributed by atoms with van der Waals surface area (Å²) >= 11 is 0. The van der Waals surface area contributed by atoms with E-state index in [0.717, 1.165) is 0 Å². The predicted molar refractivity (Wildman–Crippen MR) is 70.3 cm³/mol. The summed E-state index contributed by atoms with van der Waals surface area (Å²) in [6.45, 7) is 3.59. The molecule has 0 fully saturated rings. The highest BCUT2D eigenvalue weighted by molar-refractivity contribution is 5.94. The van der Waals surface area contributed by atoms with Gasteiger partial charge in [-0.1, -0.05) is 26.0 Å². The molecule has 1 aromatic carbocycles. The number of aliphatic carboxylic acids is 1. The van der Waals surface area contributed by atoms with Gasteiger partial charge in [-0.05, 0) is 23.6 Å². The van der Waals surface area contributed by atoms with Crippen LogP contribution in [0.1, 0.15) is 25.5 Å². The fraction of sp³-hybridized carbons (Fsp3) is 0.286. The maximum atomic E-state index is 13.0. The number of carboxylic acid groups (broad SMARTS) is 1. The molecule has 1 unspecified atom stereocenters. The fourth-order valence-corrected chi connectivity index (χ4v) is 2.18. The van der Waals surface area contributed by atoms with Gasteiger partial charge in [0.15, 0.2) is 0 Å². The van der Waals surface area contributed by atoms with Gasteiger partial charge >= 0.3 is 12.0 Å². The Bertz CT molecular complexity index is 579. The van der Waals surface area contributed by atoms with Crippen LogP contribution in [0.15, 0.2) is 35.5 Å².